The summed E-state index contributed by atoms with van der Waals surface area (Å²) in [5.74, 6) is 0.739. The number of likely N-dealkylation sites (tertiary alicyclic amines) is 1. The van der Waals surface area contributed by atoms with E-state index in [1.807, 2.05) is 11.0 Å². The van der Waals surface area contributed by atoms with Gasteiger partial charge in [-0.1, -0.05) is 34.5 Å². The van der Waals surface area contributed by atoms with Gasteiger partial charge in [0.15, 0.2) is 0 Å². The number of nitrogens with zero attached hydrogens (tertiary/aromatic N) is 1. The van der Waals surface area contributed by atoms with Crippen molar-refractivity contribution in [2.45, 2.75) is 32.7 Å². The molecule has 0 aromatic heterocycles. The molecule has 4 heteroatoms. The molecular formula is C14H17BrClNO. The molecule has 0 saturated carbocycles. The lowest BCUT2D eigenvalue weighted by Gasteiger charge is -2.36. The zero-order valence-corrected chi connectivity index (χ0v) is 13.0. The number of rotatable bonds is 1. The molecule has 1 amide bonds. The number of amides is 1. The van der Waals surface area contributed by atoms with Crippen molar-refractivity contribution < 1.29 is 4.79 Å². The Balaban J connectivity index is 2.23. The largest absolute Gasteiger partial charge is 0.336 e. The SMILES string of the molecule is CC1CCN(C(=O)c2cc(Br)ccc2Cl)C(C)C1. The standard InChI is InChI=1S/C14H17BrClNO/c1-9-5-6-17(10(2)7-9)14(18)12-8-11(15)3-4-13(12)16/h3-4,8-10H,5-7H2,1-2H3. The van der Waals surface area contributed by atoms with Gasteiger partial charge in [0, 0.05) is 17.1 Å². The van der Waals surface area contributed by atoms with Gasteiger partial charge < -0.3 is 4.90 Å². The first-order valence-electron chi connectivity index (χ1n) is 6.25. The third-order valence-corrected chi connectivity index (χ3v) is 4.38. The highest BCUT2D eigenvalue weighted by Crippen LogP contribution is 2.27. The van der Waals surface area contributed by atoms with Crippen LogP contribution in [0.15, 0.2) is 22.7 Å². The van der Waals surface area contributed by atoms with Gasteiger partial charge in [-0.25, -0.2) is 0 Å². The zero-order chi connectivity index (χ0) is 13.3. The molecule has 0 radical (unpaired) electrons. The molecule has 0 N–H and O–H groups in total. The highest BCUT2D eigenvalue weighted by Gasteiger charge is 2.28. The second-order valence-electron chi connectivity index (χ2n) is 5.10. The van der Waals surface area contributed by atoms with E-state index >= 15 is 0 Å². The minimum Gasteiger partial charge on any atom is -0.336 e. The van der Waals surface area contributed by atoms with E-state index in [0.29, 0.717) is 16.5 Å². The summed E-state index contributed by atoms with van der Waals surface area (Å²) >= 11 is 9.50. The minimum atomic E-state index is 0.0423. The molecule has 1 saturated heterocycles. The molecule has 2 unspecified atom stereocenters. The smallest absolute Gasteiger partial charge is 0.255 e. The van der Waals surface area contributed by atoms with Gasteiger partial charge in [0.1, 0.15) is 0 Å². The van der Waals surface area contributed by atoms with Crippen LogP contribution in [0.4, 0.5) is 0 Å². The summed E-state index contributed by atoms with van der Waals surface area (Å²) in [7, 11) is 0. The number of piperidine rings is 1. The monoisotopic (exact) mass is 329 g/mol. The second kappa shape index (κ2) is 5.62. The molecular weight excluding hydrogens is 314 g/mol. The second-order valence-corrected chi connectivity index (χ2v) is 6.42. The number of halogens is 2. The molecule has 1 aromatic carbocycles. The van der Waals surface area contributed by atoms with Gasteiger partial charge in [-0.3, -0.25) is 4.79 Å². The lowest BCUT2D eigenvalue weighted by Crippen LogP contribution is -2.44. The minimum absolute atomic E-state index is 0.0423. The Kier molecular flexibility index (Phi) is 4.33. The summed E-state index contributed by atoms with van der Waals surface area (Å²) in [5, 5.41) is 0.522. The highest BCUT2D eigenvalue weighted by molar-refractivity contribution is 9.10. The van der Waals surface area contributed by atoms with E-state index in [4.69, 9.17) is 11.6 Å². The molecule has 2 nitrogen and oxygen atoms in total. The predicted octanol–water partition coefficient (Wildman–Crippen LogP) is 4.36. The third kappa shape index (κ3) is 2.89. The Labute approximate surface area is 121 Å². The lowest BCUT2D eigenvalue weighted by atomic mass is 9.93. The molecule has 18 heavy (non-hydrogen) atoms. The third-order valence-electron chi connectivity index (χ3n) is 3.56. The van der Waals surface area contributed by atoms with E-state index in [1.54, 1.807) is 12.1 Å². The first kappa shape index (κ1) is 13.9. The van der Waals surface area contributed by atoms with Gasteiger partial charge in [0.05, 0.1) is 10.6 Å². The summed E-state index contributed by atoms with van der Waals surface area (Å²) in [6.45, 7) is 5.17. The molecule has 1 fully saturated rings. The molecule has 2 atom stereocenters. The van der Waals surface area contributed by atoms with E-state index in [1.165, 1.54) is 0 Å². The molecule has 1 aliphatic heterocycles. The van der Waals surface area contributed by atoms with Crippen molar-refractivity contribution in [1.82, 2.24) is 4.90 Å². The van der Waals surface area contributed by atoms with E-state index in [2.05, 4.69) is 29.8 Å². The van der Waals surface area contributed by atoms with Crippen LogP contribution in [-0.2, 0) is 0 Å². The molecule has 0 spiro atoms. The van der Waals surface area contributed by atoms with Crippen LogP contribution >= 0.6 is 27.5 Å². The molecule has 2 rings (SSSR count). The van der Waals surface area contributed by atoms with Gasteiger partial charge >= 0.3 is 0 Å². The Morgan fingerprint density at radius 2 is 2.17 bits per heavy atom. The fourth-order valence-corrected chi connectivity index (χ4v) is 3.08. The van der Waals surface area contributed by atoms with Gasteiger partial charge in [-0.15, -0.1) is 0 Å². The van der Waals surface area contributed by atoms with Crippen LogP contribution in [-0.4, -0.2) is 23.4 Å². The van der Waals surface area contributed by atoms with Crippen LogP contribution in [0.5, 0.6) is 0 Å². The van der Waals surface area contributed by atoms with Crippen molar-refractivity contribution in [3.05, 3.63) is 33.3 Å². The topological polar surface area (TPSA) is 20.3 Å². The fraction of sp³-hybridized carbons (Fsp3) is 0.500. The summed E-state index contributed by atoms with van der Waals surface area (Å²) in [5.41, 5.74) is 0.590. The van der Waals surface area contributed by atoms with Gasteiger partial charge in [0.25, 0.3) is 5.91 Å². The summed E-state index contributed by atoms with van der Waals surface area (Å²) < 4.78 is 0.883. The average molecular weight is 331 g/mol. The highest BCUT2D eigenvalue weighted by atomic mass is 79.9. The van der Waals surface area contributed by atoms with E-state index < -0.39 is 0 Å². The van der Waals surface area contributed by atoms with Crippen LogP contribution in [0.2, 0.25) is 5.02 Å². The first-order valence-corrected chi connectivity index (χ1v) is 7.42. The van der Waals surface area contributed by atoms with Gasteiger partial charge in [-0.05, 0) is 43.9 Å². The molecule has 1 aliphatic rings. The number of carbonyl (C=O) groups excluding carboxylic acids is 1. The van der Waals surface area contributed by atoms with Crippen molar-refractivity contribution in [1.29, 1.82) is 0 Å². The molecule has 0 aliphatic carbocycles. The molecule has 0 bridgehead atoms. The van der Waals surface area contributed by atoms with Crippen molar-refractivity contribution in [3.8, 4) is 0 Å². The van der Waals surface area contributed by atoms with Crippen molar-refractivity contribution >= 4 is 33.4 Å². The van der Waals surface area contributed by atoms with Crippen molar-refractivity contribution in [2.24, 2.45) is 5.92 Å². The van der Waals surface area contributed by atoms with E-state index in [-0.39, 0.29) is 11.9 Å². The lowest BCUT2D eigenvalue weighted by molar-refractivity contribution is 0.0589. The maximum Gasteiger partial charge on any atom is 0.255 e. The van der Waals surface area contributed by atoms with Gasteiger partial charge in [-0.2, -0.15) is 0 Å². The van der Waals surface area contributed by atoms with Crippen LogP contribution in [0, 0.1) is 5.92 Å². The summed E-state index contributed by atoms with van der Waals surface area (Å²) in [4.78, 5) is 14.4. The zero-order valence-electron chi connectivity index (χ0n) is 10.6. The number of hydrogen-bond acceptors (Lipinski definition) is 1. The Hall–Kier alpha value is -0.540. The first-order chi connectivity index (χ1) is 8.49. The van der Waals surface area contributed by atoms with E-state index in [9.17, 15) is 4.79 Å². The molecule has 1 aromatic rings. The quantitative estimate of drug-likeness (QED) is 0.749. The van der Waals surface area contributed by atoms with Crippen LogP contribution < -0.4 is 0 Å². The number of carbonyl (C=O) groups is 1. The number of hydrogen-bond donors (Lipinski definition) is 0. The molecule has 98 valence electrons. The van der Waals surface area contributed by atoms with Crippen molar-refractivity contribution in [2.75, 3.05) is 6.54 Å². The van der Waals surface area contributed by atoms with Crippen LogP contribution in [0.3, 0.4) is 0 Å². The van der Waals surface area contributed by atoms with Crippen LogP contribution in [0.25, 0.3) is 0 Å². The summed E-state index contributed by atoms with van der Waals surface area (Å²) in [6, 6.07) is 5.70. The maximum absolute atomic E-state index is 12.5. The summed E-state index contributed by atoms with van der Waals surface area (Å²) in [6.07, 6.45) is 2.14. The van der Waals surface area contributed by atoms with Crippen LogP contribution in [0.1, 0.15) is 37.0 Å². The Morgan fingerprint density at radius 1 is 1.44 bits per heavy atom. The Morgan fingerprint density at radius 3 is 2.83 bits per heavy atom. The van der Waals surface area contributed by atoms with Gasteiger partial charge in [0.2, 0.25) is 0 Å². The maximum atomic E-state index is 12.5. The normalized spacial score (nSPS) is 24.1. The average Bonchev–Trinajstić information content (AvgIpc) is 2.31. The Bertz CT molecular complexity index is 463. The number of benzene rings is 1. The van der Waals surface area contributed by atoms with Crippen molar-refractivity contribution in [3.63, 3.8) is 0 Å². The predicted molar refractivity (Wildman–Crippen MR) is 78.0 cm³/mol. The van der Waals surface area contributed by atoms with E-state index in [0.717, 1.165) is 23.9 Å². The molecule has 1 heterocycles. The fourth-order valence-electron chi connectivity index (χ4n) is 2.53.